The summed E-state index contributed by atoms with van der Waals surface area (Å²) in [5, 5.41) is 2.86. The fourth-order valence-electron chi connectivity index (χ4n) is 1.75. The van der Waals surface area contributed by atoms with Gasteiger partial charge in [-0.3, -0.25) is 9.78 Å². The number of nitrogens with one attached hydrogen (secondary N) is 1. The minimum Gasteiger partial charge on any atom is -0.352 e. The predicted molar refractivity (Wildman–Crippen MR) is 82.2 cm³/mol. The second-order valence-corrected chi connectivity index (χ2v) is 4.49. The van der Waals surface area contributed by atoms with Crippen LogP contribution in [-0.2, 0) is 0 Å². The van der Waals surface area contributed by atoms with E-state index in [1.165, 1.54) is 0 Å². The normalized spacial score (nSPS) is 10.7. The van der Waals surface area contributed by atoms with Crippen LogP contribution in [0.25, 0.3) is 12.2 Å². The molecule has 0 bridgehead atoms. The summed E-state index contributed by atoms with van der Waals surface area (Å²) in [4.78, 5) is 15.7. The van der Waals surface area contributed by atoms with Crippen LogP contribution >= 0.6 is 0 Å². The molecule has 3 heteroatoms. The third-order valence-electron chi connectivity index (χ3n) is 2.88. The molecule has 0 saturated carbocycles. The van der Waals surface area contributed by atoms with Gasteiger partial charge in [0.2, 0.25) is 0 Å². The second-order valence-electron chi connectivity index (χ2n) is 4.49. The Morgan fingerprint density at radius 3 is 2.25 bits per heavy atom. The minimum absolute atomic E-state index is 0.0171. The first-order chi connectivity index (χ1) is 9.79. The molecule has 1 N–H and O–H groups in total. The van der Waals surface area contributed by atoms with Crippen molar-refractivity contribution in [1.82, 2.24) is 10.3 Å². The highest BCUT2D eigenvalue weighted by atomic mass is 16.1. The molecule has 0 aliphatic heterocycles. The molecule has 3 nitrogen and oxygen atoms in total. The van der Waals surface area contributed by atoms with Crippen LogP contribution in [0.5, 0.6) is 0 Å². The predicted octanol–water partition coefficient (Wildman–Crippen LogP) is 3.39. The lowest BCUT2D eigenvalue weighted by Crippen LogP contribution is -2.23. The van der Waals surface area contributed by atoms with Gasteiger partial charge in [0, 0.05) is 24.5 Å². The molecule has 1 amide bonds. The molecule has 0 spiro atoms. The lowest BCUT2D eigenvalue weighted by molar-refractivity contribution is 0.0953. The molecule has 1 aromatic carbocycles. The lowest BCUT2D eigenvalue weighted by Gasteiger charge is -2.03. The zero-order valence-electron chi connectivity index (χ0n) is 11.5. The van der Waals surface area contributed by atoms with Crippen molar-refractivity contribution < 1.29 is 4.79 Å². The number of carbonyl (C=O) groups excluding carboxylic acids is 1. The zero-order chi connectivity index (χ0) is 14.2. The summed E-state index contributed by atoms with van der Waals surface area (Å²) in [6.45, 7) is 2.75. The van der Waals surface area contributed by atoms with Gasteiger partial charge in [-0.15, -0.1) is 0 Å². The number of amides is 1. The van der Waals surface area contributed by atoms with Crippen molar-refractivity contribution in [3.05, 3.63) is 65.5 Å². The van der Waals surface area contributed by atoms with Crippen molar-refractivity contribution in [3.8, 4) is 0 Å². The van der Waals surface area contributed by atoms with Gasteiger partial charge in [-0.25, -0.2) is 0 Å². The minimum atomic E-state index is -0.0171. The number of benzene rings is 1. The molecule has 2 aromatic rings. The van der Waals surface area contributed by atoms with Crippen LogP contribution in [0.4, 0.5) is 0 Å². The summed E-state index contributed by atoms with van der Waals surface area (Å²) < 4.78 is 0. The second kappa shape index (κ2) is 7.24. The van der Waals surface area contributed by atoms with Crippen molar-refractivity contribution in [1.29, 1.82) is 0 Å². The summed E-state index contributed by atoms with van der Waals surface area (Å²) in [5.74, 6) is -0.0171. The van der Waals surface area contributed by atoms with E-state index >= 15 is 0 Å². The van der Waals surface area contributed by atoms with Crippen LogP contribution in [0.1, 0.15) is 34.8 Å². The van der Waals surface area contributed by atoms with Crippen LogP contribution in [0.3, 0.4) is 0 Å². The lowest BCUT2D eigenvalue weighted by atomic mass is 10.1. The maximum atomic E-state index is 11.8. The molecule has 0 aliphatic rings. The van der Waals surface area contributed by atoms with Crippen LogP contribution in [-0.4, -0.2) is 17.4 Å². The van der Waals surface area contributed by atoms with Crippen LogP contribution < -0.4 is 5.32 Å². The van der Waals surface area contributed by atoms with Gasteiger partial charge >= 0.3 is 0 Å². The number of rotatable bonds is 5. The quantitative estimate of drug-likeness (QED) is 0.901. The number of nitrogens with zero attached hydrogens (tertiary/aromatic N) is 1. The molecule has 1 heterocycles. The van der Waals surface area contributed by atoms with Crippen molar-refractivity contribution in [3.63, 3.8) is 0 Å². The van der Waals surface area contributed by atoms with Crippen molar-refractivity contribution in [2.75, 3.05) is 6.54 Å². The third kappa shape index (κ3) is 4.05. The molecule has 0 radical (unpaired) electrons. The monoisotopic (exact) mass is 266 g/mol. The van der Waals surface area contributed by atoms with Crippen molar-refractivity contribution >= 4 is 18.1 Å². The molecule has 0 aliphatic carbocycles. The zero-order valence-corrected chi connectivity index (χ0v) is 11.5. The third-order valence-corrected chi connectivity index (χ3v) is 2.88. The first-order valence-electron chi connectivity index (χ1n) is 6.76. The Morgan fingerprint density at radius 1 is 1.05 bits per heavy atom. The number of hydrogen-bond donors (Lipinski definition) is 1. The van der Waals surface area contributed by atoms with E-state index in [0.29, 0.717) is 12.1 Å². The van der Waals surface area contributed by atoms with Crippen LogP contribution in [0.2, 0.25) is 0 Å². The van der Waals surface area contributed by atoms with Crippen LogP contribution in [0, 0.1) is 0 Å². The molecular formula is C17H18N2O. The summed E-state index contributed by atoms with van der Waals surface area (Å²) in [7, 11) is 0. The number of aromatic nitrogens is 1. The van der Waals surface area contributed by atoms with E-state index in [1.807, 2.05) is 55.5 Å². The Morgan fingerprint density at radius 2 is 1.65 bits per heavy atom. The molecular weight excluding hydrogens is 248 g/mol. The molecule has 0 saturated heterocycles. The van der Waals surface area contributed by atoms with Gasteiger partial charge in [0.05, 0.1) is 0 Å². The molecule has 0 fully saturated rings. The maximum absolute atomic E-state index is 11.8. The molecule has 0 unspecified atom stereocenters. The average molecular weight is 266 g/mol. The molecule has 102 valence electrons. The Balaban J connectivity index is 2.01. The fourth-order valence-corrected chi connectivity index (χ4v) is 1.75. The van der Waals surface area contributed by atoms with Gasteiger partial charge in [-0.1, -0.05) is 31.2 Å². The van der Waals surface area contributed by atoms with E-state index in [4.69, 9.17) is 0 Å². The topological polar surface area (TPSA) is 42.0 Å². The highest BCUT2D eigenvalue weighted by molar-refractivity contribution is 5.94. The van der Waals surface area contributed by atoms with E-state index in [0.717, 1.165) is 17.5 Å². The molecule has 0 atom stereocenters. The Bertz CT molecular complexity index is 574. The van der Waals surface area contributed by atoms with Gasteiger partial charge in [-0.05, 0) is 41.8 Å². The number of hydrogen-bond acceptors (Lipinski definition) is 2. The van der Waals surface area contributed by atoms with E-state index < -0.39 is 0 Å². The number of pyridine rings is 1. The average Bonchev–Trinajstić information content (AvgIpc) is 2.52. The van der Waals surface area contributed by atoms with E-state index in [1.54, 1.807) is 12.4 Å². The van der Waals surface area contributed by atoms with Gasteiger partial charge in [0.25, 0.3) is 5.91 Å². The van der Waals surface area contributed by atoms with Gasteiger partial charge in [0.1, 0.15) is 0 Å². The fraction of sp³-hybridized carbons (Fsp3) is 0.176. The Labute approximate surface area is 119 Å². The summed E-state index contributed by atoms with van der Waals surface area (Å²) >= 11 is 0. The Kier molecular flexibility index (Phi) is 5.07. The van der Waals surface area contributed by atoms with Crippen molar-refractivity contribution in [2.24, 2.45) is 0 Å². The smallest absolute Gasteiger partial charge is 0.251 e. The summed E-state index contributed by atoms with van der Waals surface area (Å²) in [5.41, 5.74) is 2.86. The summed E-state index contributed by atoms with van der Waals surface area (Å²) in [6, 6.07) is 11.5. The van der Waals surface area contributed by atoms with E-state index in [-0.39, 0.29) is 5.91 Å². The Hall–Kier alpha value is -2.42. The molecule has 1 aromatic heterocycles. The van der Waals surface area contributed by atoms with Gasteiger partial charge < -0.3 is 5.32 Å². The first kappa shape index (κ1) is 14.0. The largest absolute Gasteiger partial charge is 0.352 e. The van der Waals surface area contributed by atoms with E-state index in [9.17, 15) is 4.79 Å². The molecule has 20 heavy (non-hydrogen) atoms. The maximum Gasteiger partial charge on any atom is 0.251 e. The highest BCUT2D eigenvalue weighted by Gasteiger charge is 2.02. The van der Waals surface area contributed by atoms with Crippen molar-refractivity contribution in [2.45, 2.75) is 13.3 Å². The van der Waals surface area contributed by atoms with Gasteiger partial charge in [0.15, 0.2) is 0 Å². The van der Waals surface area contributed by atoms with Crippen LogP contribution in [0.15, 0.2) is 48.8 Å². The van der Waals surface area contributed by atoms with Gasteiger partial charge in [-0.2, -0.15) is 0 Å². The first-order valence-corrected chi connectivity index (χ1v) is 6.76. The highest BCUT2D eigenvalue weighted by Crippen LogP contribution is 2.09. The standard InChI is InChI=1S/C17H18N2O/c1-2-11-19-17(20)16-7-5-14(6-8-16)3-4-15-9-12-18-13-10-15/h3-10,12-13H,2,11H2,1H3,(H,19,20)/b4-3+. The SMILES string of the molecule is CCCNC(=O)c1ccc(/C=C/c2ccncc2)cc1. The number of carbonyl (C=O) groups is 1. The summed E-state index contributed by atoms with van der Waals surface area (Å²) in [6.07, 6.45) is 8.51. The van der Waals surface area contributed by atoms with E-state index in [2.05, 4.69) is 10.3 Å². The molecule has 2 rings (SSSR count).